The summed E-state index contributed by atoms with van der Waals surface area (Å²) in [5, 5.41) is 4.29. The largest absolute Gasteiger partial charge is 0.324 e. The first-order valence-corrected chi connectivity index (χ1v) is 5.27. The van der Waals surface area contributed by atoms with Crippen LogP contribution in [0.25, 0.3) is 5.69 Å². The molecule has 1 atom stereocenters. The Morgan fingerprint density at radius 2 is 2.12 bits per heavy atom. The number of rotatable bonds is 4. The van der Waals surface area contributed by atoms with Gasteiger partial charge in [-0.2, -0.15) is 5.10 Å². The van der Waals surface area contributed by atoms with Gasteiger partial charge in [0.1, 0.15) is 0 Å². The number of nitrogens with zero attached hydrogens (tertiary/aromatic N) is 2. The van der Waals surface area contributed by atoms with Crippen LogP contribution in [0.1, 0.15) is 18.0 Å². The highest BCUT2D eigenvalue weighted by Gasteiger charge is 2.07. The predicted octanol–water partition coefficient (Wildman–Crippen LogP) is 2.45. The lowest BCUT2D eigenvalue weighted by Gasteiger charge is -2.04. The number of aromatic nitrogens is 2. The molecular weight excluding hydrogens is 198 g/mol. The molecule has 82 valence electrons. The summed E-state index contributed by atoms with van der Waals surface area (Å²) in [4.78, 5) is 0. The smallest absolute Gasteiger partial charge is 0.0645 e. The first kappa shape index (κ1) is 10.6. The molecule has 0 saturated carbocycles. The van der Waals surface area contributed by atoms with Crippen LogP contribution in [0.15, 0.2) is 55.4 Å². The van der Waals surface area contributed by atoms with E-state index in [1.54, 1.807) is 6.20 Å². The highest BCUT2D eigenvalue weighted by Crippen LogP contribution is 2.15. The molecule has 0 fully saturated rings. The Kier molecular flexibility index (Phi) is 3.17. The second kappa shape index (κ2) is 4.77. The summed E-state index contributed by atoms with van der Waals surface area (Å²) in [6.45, 7) is 3.68. The first-order chi connectivity index (χ1) is 7.81. The van der Waals surface area contributed by atoms with Gasteiger partial charge in [0, 0.05) is 17.8 Å². The van der Waals surface area contributed by atoms with E-state index in [0.717, 1.165) is 17.7 Å². The Morgan fingerprint density at radius 1 is 1.38 bits per heavy atom. The quantitative estimate of drug-likeness (QED) is 0.793. The van der Waals surface area contributed by atoms with E-state index in [1.165, 1.54) is 0 Å². The van der Waals surface area contributed by atoms with Gasteiger partial charge in [-0.15, -0.1) is 6.58 Å². The third-order valence-electron chi connectivity index (χ3n) is 2.47. The van der Waals surface area contributed by atoms with Crippen LogP contribution in [0.4, 0.5) is 0 Å². The number of para-hydroxylation sites is 1. The molecule has 0 aliphatic carbocycles. The van der Waals surface area contributed by atoms with Crippen LogP contribution in [-0.2, 0) is 0 Å². The minimum atomic E-state index is -0.0186. The number of nitrogens with two attached hydrogens (primary N) is 1. The maximum atomic E-state index is 5.97. The normalized spacial score (nSPS) is 12.3. The molecular formula is C13H15N3. The van der Waals surface area contributed by atoms with Crippen molar-refractivity contribution in [3.8, 4) is 5.69 Å². The van der Waals surface area contributed by atoms with Gasteiger partial charge >= 0.3 is 0 Å². The molecule has 1 aromatic carbocycles. The second-order valence-corrected chi connectivity index (χ2v) is 3.68. The van der Waals surface area contributed by atoms with Gasteiger partial charge in [0.2, 0.25) is 0 Å². The molecule has 0 aliphatic heterocycles. The summed E-state index contributed by atoms with van der Waals surface area (Å²) in [5.41, 5.74) is 8.04. The highest BCUT2D eigenvalue weighted by molar-refractivity contribution is 5.31. The first-order valence-electron chi connectivity index (χ1n) is 5.27. The van der Waals surface area contributed by atoms with Crippen LogP contribution in [0.5, 0.6) is 0 Å². The van der Waals surface area contributed by atoms with E-state index in [1.807, 2.05) is 47.3 Å². The zero-order valence-corrected chi connectivity index (χ0v) is 9.08. The highest BCUT2D eigenvalue weighted by atomic mass is 15.3. The predicted molar refractivity (Wildman–Crippen MR) is 65.3 cm³/mol. The summed E-state index contributed by atoms with van der Waals surface area (Å²) in [6, 6.07) is 9.96. The Labute approximate surface area is 95.2 Å². The average molecular weight is 213 g/mol. The monoisotopic (exact) mass is 213 g/mol. The third-order valence-corrected chi connectivity index (χ3v) is 2.47. The Morgan fingerprint density at radius 3 is 2.81 bits per heavy atom. The lowest BCUT2D eigenvalue weighted by molar-refractivity contribution is 0.741. The molecule has 0 spiro atoms. The van der Waals surface area contributed by atoms with Crippen molar-refractivity contribution in [1.82, 2.24) is 9.78 Å². The Hall–Kier alpha value is -1.87. The molecule has 1 heterocycles. The molecule has 3 nitrogen and oxygen atoms in total. The molecule has 0 saturated heterocycles. The van der Waals surface area contributed by atoms with Crippen LogP contribution in [0.2, 0.25) is 0 Å². The van der Waals surface area contributed by atoms with E-state index in [-0.39, 0.29) is 6.04 Å². The van der Waals surface area contributed by atoms with Gasteiger partial charge in [-0.25, -0.2) is 4.68 Å². The van der Waals surface area contributed by atoms with Crippen molar-refractivity contribution in [2.45, 2.75) is 12.5 Å². The lowest BCUT2D eigenvalue weighted by Crippen LogP contribution is -2.07. The summed E-state index contributed by atoms with van der Waals surface area (Å²) in [6.07, 6.45) is 6.36. The molecule has 16 heavy (non-hydrogen) atoms. The minimum absolute atomic E-state index is 0.0186. The van der Waals surface area contributed by atoms with Crippen molar-refractivity contribution in [3.63, 3.8) is 0 Å². The molecule has 0 amide bonds. The number of hydrogen-bond acceptors (Lipinski definition) is 2. The second-order valence-electron chi connectivity index (χ2n) is 3.68. The van der Waals surface area contributed by atoms with Crippen LogP contribution in [-0.4, -0.2) is 9.78 Å². The lowest BCUT2D eigenvalue weighted by atomic mass is 10.1. The van der Waals surface area contributed by atoms with Crippen LogP contribution in [0, 0.1) is 0 Å². The molecule has 1 unspecified atom stereocenters. The molecule has 2 rings (SSSR count). The van der Waals surface area contributed by atoms with Gasteiger partial charge in [0.15, 0.2) is 0 Å². The summed E-state index contributed by atoms with van der Waals surface area (Å²) >= 11 is 0. The van der Waals surface area contributed by atoms with Crippen molar-refractivity contribution in [3.05, 3.63) is 60.9 Å². The van der Waals surface area contributed by atoms with Crippen LogP contribution in [0.3, 0.4) is 0 Å². The maximum Gasteiger partial charge on any atom is 0.0645 e. The Bertz CT molecular complexity index is 459. The van der Waals surface area contributed by atoms with Gasteiger partial charge in [-0.3, -0.25) is 0 Å². The summed E-state index contributed by atoms with van der Waals surface area (Å²) in [7, 11) is 0. The van der Waals surface area contributed by atoms with Crippen molar-refractivity contribution in [2.75, 3.05) is 0 Å². The Balaban J connectivity index is 2.23. The van der Waals surface area contributed by atoms with E-state index in [2.05, 4.69) is 11.7 Å². The molecule has 2 aromatic rings. The minimum Gasteiger partial charge on any atom is -0.324 e. The average Bonchev–Trinajstić information content (AvgIpc) is 2.80. The van der Waals surface area contributed by atoms with Crippen LogP contribution < -0.4 is 5.73 Å². The van der Waals surface area contributed by atoms with E-state index in [9.17, 15) is 0 Å². The fourth-order valence-corrected chi connectivity index (χ4v) is 1.57. The van der Waals surface area contributed by atoms with Gasteiger partial charge in [-0.05, 0) is 18.6 Å². The molecule has 1 aromatic heterocycles. The summed E-state index contributed by atoms with van der Waals surface area (Å²) in [5.74, 6) is 0. The van der Waals surface area contributed by atoms with Gasteiger partial charge in [0.05, 0.1) is 11.9 Å². The maximum absolute atomic E-state index is 5.97. The van der Waals surface area contributed by atoms with Gasteiger partial charge < -0.3 is 5.73 Å². The topological polar surface area (TPSA) is 43.8 Å². The van der Waals surface area contributed by atoms with Gasteiger partial charge in [-0.1, -0.05) is 24.3 Å². The van der Waals surface area contributed by atoms with E-state index in [0.29, 0.717) is 0 Å². The molecule has 0 aliphatic rings. The van der Waals surface area contributed by atoms with E-state index >= 15 is 0 Å². The van der Waals surface area contributed by atoms with Crippen molar-refractivity contribution < 1.29 is 0 Å². The zero-order chi connectivity index (χ0) is 11.4. The van der Waals surface area contributed by atoms with Crippen molar-refractivity contribution >= 4 is 0 Å². The van der Waals surface area contributed by atoms with Gasteiger partial charge in [0.25, 0.3) is 0 Å². The van der Waals surface area contributed by atoms with E-state index < -0.39 is 0 Å². The number of hydrogen-bond donors (Lipinski definition) is 1. The molecule has 0 bridgehead atoms. The fourth-order valence-electron chi connectivity index (χ4n) is 1.57. The SMILES string of the molecule is C=CCC(N)c1cnn(-c2ccccc2)c1. The van der Waals surface area contributed by atoms with Crippen LogP contribution >= 0.6 is 0 Å². The van der Waals surface area contributed by atoms with Crippen molar-refractivity contribution in [2.24, 2.45) is 5.73 Å². The molecule has 0 radical (unpaired) electrons. The summed E-state index contributed by atoms with van der Waals surface area (Å²) < 4.78 is 1.83. The fraction of sp³-hybridized carbons (Fsp3) is 0.154. The number of benzene rings is 1. The molecule has 2 N–H and O–H groups in total. The standard InChI is InChI=1S/C13H15N3/c1-2-6-13(14)11-9-15-16(10-11)12-7-4-3-5-8-12/h2-5,7-10,13H,1,6,14H2. The van der Waals surface area contributed by atoms with E-state index in [4.69, 9.17) is 5.73 Å². The van der Waals surface area contributed by atoms with Crippen molar-refractivity contribution in [1.29, 1.82) is 0 Å². The zero-order valence-electron chi connectivity index (χ0n) is 9.08. The molecule has 3 heteroatoms. The third kappa shape index (κ3) is 2.20.